The van der Waals surface area contributed by atoms with Gasteiger partial charge in [-0.25, -0.2) is 0 Å². The Morgan fingerprint density at radius 3 is 1.74 bits per heavy atom. The molecular formula is C21H31NNa2O18. The van der Waals surface area contributed by atoms with Crippen LogP contribution < -0.4 is 74.6 Å². The molecule has 42 heavy (non-hydrogen) atoms. The molecule has 3 heterocycles. The molecule has 0 aromatic carbocycles. The van der Waals surface area contributed by atoms with Gasteiger partial charge in [0.25, 0.3) is 0 Å². The summed E-state index contributed by atoms with van der Waals surface area (Å²) in [7, 11) is 1.06. The molecule has 0 aliphatic carbocycles. The topological polar surface area (TPSA) is 306 Å². The van der Waals surface area contributed by atoms with Crippen LogP contribution in [0.4, 0.5) is 0 Å². The van der Waals surface area contributed by atoms with Crippen molar-refractivity contribution < 1.29 is 148 Å². The molecule has 15 atom stereocenters. The number of carbonyl (C=O) groups is 3. The molecular weight excluding hydrogens is 600 g/mol. The van der Waals surface area contributed by atoms with Crippen LogP contribution in [0.2, 0.25) is 0 Å². The van der Waals surface area contributed by atoms with Crippen molar-refractivity contribution in [2.24, 2.45) is 0 Å². The number of amides is 1. The average molecular weight is 631 g/mol. The molecule has 230 valence electrons. The zero-order chi connectivity index (χ0) is 30.0. The molecule has 8 N–H and O–H groups in total. The summed E-state index contributed by atoms with van der Waals surface area (Å²) in [5.41, 5.74) is 0. The van der Waals surface area contributed by atoms with Crippen molar-refractivity contribution in [3.05, 3.63) is 0 Å². The number of hydrogen-bond acceptors (Lipinski definition) is 18. The maximum Gasteiger partial charge on any atom is 1.00 e. The summed E-state index contributed by atoms with van der Waals surface area (Å²) in [6, 6.07) is -1.68. The third kappa shape index (κ3) is 8.57. The van der Waals surface area contributed by atoms with Crippen LogP contribution in [0.25, 0.3) is 0 Å². The Hall–Kier alpha value is -0.110. The SMILES string of the molecule is CO[C@@H]1O[C@H](C(=O)[O-])[C@@H](O[C@@H]2O[C@H](CO)[C@@H](O)[C@H](O[C@@H]3O[C@H](C(=O)[O-])[C@@H](O)[C@H](O)[C@H]3O)[C@H]2NC(C)=O)[C@H](O)[C@H]1O.[Na+].[Na+]. The minimum atomic E-state index is -2.20. The first kappa shape index (κ1) is 39.9. The standard InChI is InChI=1S/C21H33NO18.2Na/c1-4(24)22-6-13(37-21-11(29)8(26)9(27)15(39-21)17(31)32)7(25)5(3-23)36-19(6)38-14-10(28)12(30)20(35-2)40-16(14)18(33)34;;/h5-16,19-21,23,25-30H,3H2,1-2H3,(H,22,24)(H,31,32)(H,33,34);;/q;2*+1/p-2/t5-,6-,7-,8+,9+,10-,11-,12-,13-,14+,15+,16+,19+,20-,21-;;/m1../s1. The van der Waals surface area contributed by atoms with E-state index < -0.39 is 117 Å². The van der Waals surface area contributed by atoms with E-state index in [4.69, 9.17) is 28.4 Å². The van der Waals surface area contributed by atoms with Crippen LogP contribution in [0.15, 0.2) is 0 Å². The third-order valence-corrected chi connectivity index (χ3v) is 6.62. The largest absolute Gasteiger partial charge is 1.00 e. The van der Waals surface area contributed by atoms with Crippen molar-refractivity contribution in [3.63, 3.8) is 0 Å². The van der Waals surface area contributed by atoms with E-state index >= 15 is 0 Å². The van der Waals surface area contributed by atoms with Crippen LogP contribution in [0.5, 0.6) is 0 Å². The molecule has 3 fully saturated rings. The van der Waals surface area contributed by atoms with Gasteiger partial charge in [-0.1, -0.05) is 0 Å². The molecule has 3 aliphatic rings. The van der Waals surface area contributed by atoms with Crippen LogP contribution in [0.1, 0.15) is 6.92 Å². The van der Waals surface area contributed by atoms with Crippen molar-refractivity contribution in [2.45, 2.75) is 99.0 Å². The zero-order valence-corrected chi connectivity index (χ0v) is 27.0. The molecule has 0 saturated carbocycles. The Bertz CT molecular complexity index is 918. The number of ether oxygens (including phenoxy) is 6. The van der Waals surface area contributed by atoms with E-state index in [0.29, 0.717) is 0 Å². The quantitative estimate of drug-likeness (QED) is 0.110. The van der Waals surface area contributed by atoms with Crippen molar-refractivity contribution >= 4 is 17.8 Å². The van der Waals surface area contributed by atoms with Gasteiger partial charge in [-0.05, 0) is 0 Å². The van der Waals surface area contributed by atoms with Gasteiger partial charge in [0.15, 0.2) is 18.9 Å². The molecule has 3 rings (SSSR count). The summed E-state index contributed by atoms with van der Waals surface area (Å²) in [5.74, 6) is -4.70. The molecule has 3 saturated heterocycles. The van der Waals surface area contributed by atoms with Crippen LogP contribution in [-0.4, -0.2) is 159 Å². The Morgan fingerprint density at radius 1 is 0.714 bits per heavy atom. The van der Waals surface area contributed by atoms with Gasteiger partial charge in [-0.15, -0.1) is 0 Å². The summed E-state index contributed by atoms with van der Waals surface area (Å²) in [5, 5.41) is 97.1. The van der Waals surface area contributed by atoms with E-state index in [9.17, 15) is 60.3 Å². The van der Waals surface area contributed by atoms with Crippen LogP contribution >= 0.6 is 0 Å². The van der Waals surface area contributed by atoms with E-state index in [-0.39, 0.29) is 59.1 Å². The van der Waals surface area contributed by atoms with E-state index in [1.54, 1.807) is 0 Å². The molecule has 1 amide bonds. The van der Waals surface area contributed by atoms with E-state index in [0.717, 1.165) is 14.0 Å². The van der Waals surface area contributed by atoms with Gasteiger partial charge in [-0.2, -0.15) is 0 Å². The van der Waals surface area contributed by atoms with Gasteiger partial charge in [-0.3, -0.25) is 4.79 Å². The molecule has 19 nitrogen and oxygen atoms in total. The van der Waals surface area contributed by atoms with Gasteiger partial charge in [0.2, 0.25) is 5.91 Å². The minimum Gasteiger partial charge on any atom is -0.547 e. The van der Waals surface area contributed by atoms with E-state index in [1.807, 2.05) is 0 Å². The molecule has 0 aromatic rings. The molecule has 0 bridgehead atoms. The maximum absolute atomic E-state index is 12.0. The Labute approximate surface area is 282 Å². The van der Waals surface area contributed by atoms with Gasteiger partial charge in [0.1, 0.15) is 73.2 Å². The zero-order valence-electron chi connectivity index (χ0n) is 23.0. The first-order valence-electron chi connectivity index (χ1n) is 11.9. The van der Waals surface area contributed by atoms with Crippen LogP contribution in [-0.2, 0) is 42.8 Å². The second-order valence-electron chi connectivity index (χ2n) is 9.32. The van der Waals surface area contributed by atoms with E-state index in [2.05, 4.69) is 5.32 Å². The van der Waals surface area contributed by atoms with Gasteiger partial charge in [0, 0.05) is 14.0 Å². The summed E-state index contributed by atoms with van der Waals surface area (Å²) < 4.78 is 31.4. The molecule has 0 unspecified atom stereocenters. The monoisotopic (exact) mass is 631 g/mol. The van der Waals surface area contributed by atoms with Gasteiger partial charge in [0.05, 0.1) is 18.5 Å². The predicted molar refractivity (Wildman–Crippen MR) is 113 cm³/mol. The number of methoxy groups -OCH3 is 1. The maximum atomic E-state index is 12.0. The smallest absolute Gasteiger partial charge is 0.547 e. The number of carbonyl (C=O) groups excluding carboxylic acids is 3. The number of nitrogens with one attached hydrogen (secondary N) is 1. The summed E-state index contributed by atoms with van der Waals surface area (Å²) in [4.78, 5) is 35.1. The fourth-order valence-corrected chi connectivity index (χ4v) is 4.57. The molecule has 3 aliphatic heterocycles. The number of aliphatic carboxylic acids is 2. The Kier molecular flexibility index (Phi) is 16.1. The summed E-state index contributed by atoms with van der Waals surface area (Å²) in [6.07, 6.45) is -27.3. The second-order valence-corrected chi connectivity index (χ2v) is 9.32. The minimum absolute atomic E-state index is 0. The summed E-state index contributed by atoms with van der Waals surface area (Å²) in [6.45, 7) is 0.0685. The number of carboxylic acids is 2. The number of aliphatic hydroxyl groups is 7. The Morgan fingerprint density at radius 2 is 1.24 bits per heavy atom. The normalized spacial score (nSPS) is 43.8. The first-order valence-corrected chi connectivity index (χ1v) is 11.9. The molecule has 0 radical (unpaired) electrons. The fraction of sp³-hybridized carbons (Fsp3) is 0.857. The van der Waals surface area contributed by atoms with Crippen LogP contribution in [0, 0.1) is 0 Å². The van der Waals surface area contributed by atoms with Crippen molar-refractivity contribution in [2.75, 3.05) is 13.7 Å². The molecule has 0 spiro atoms. The number of aliphatic hydroxyl groups excluding tert-OH is 7. The van der Waals surface area contributed by atoms with E-state index in [1.165, 1.54) is 0 Å². The van der Waals surface area contributed by atoms with Crippen molar-refractivity contribution in [1.29, 1.82) is 0 Å². The molecule has 0 aromatic heterocycles. The average Bonchev–Trinajstić information content (AvgIpc) is 2.89. The summed E-state index contributed by atoms with van der Waals surface area (Å²) >= 11 is 0. The molecule has 21 heteroatoms. The van der Waals surface area contributed by atoms with Crippen molar-refractivity contribution in [1.82, 2.24) is 5.32 Å². The number of carboxylic acid groups (broad SMARTS) is 2. The predicted octanol–water partition coefficient (Wildman–Crippen LogP) is -15.3. The van der Waals surface area contributed by atoms with Gasteiger partial charge < -0.3 is 89.3 Å². The number of rotatable bonds is 9. The number of hydrogen-bond donors (Lipinski definition) is 8. The Balaban J connectivity index is 0.00000441. The van der Waals surface area contributed by atoms with Crippen LogP contribution in [0.3, 0.4) is 0 Å². The fourth-order valence-electron chi connectivity index (χ4n) is 4.57. The second kappa shape index (κ2) is 17.0. The third-order valence-electron chi connectivity index (χ3n) is 6.62. The first-order chi connectivity index (χ1) is 18.7. The van der Waals surface area contributed by atoms with Crippen molar-refractivity contribution in [3.8, 4) is 0 Å². The van der Waals surface area contributed by atoms with Gasteiger partial charge >= 0.3 is 59.1 Å².